The number of anilines is 2. The molecule has 0 amide bonds. The third kappa shape index (κ3) is 5.67. The molecule has 1 aliphatic carbocycles. The molecule has 2 fully saturated rings. The number of nitrogens with one attached hydrogen (secondary N) is 3. The summed E-state index contributed by atoms with van der Waals surface area (Å²) in [4.78, 5) is 12.4. The maximum atomic E-state index is 13.4. The first-order valence-electron chi connectivity index (χ1n) is 10.8. The van der Waals surface area contributed by atoms with Crippen molar-refractivity contribution in [1.82, 2.24) is 20.4 Å². The van der Waals surface area contributed by atoms with E-state index in [1.807, 2.05) is 18.2 Å². The van der Waals surface area contributed by atoms with Crippen LogP contribution < -0.4 is 16.2 Å². The van der Waals surface area contributed by atoms with Crippen LogP contribution in [0.1, 0.15) is 36.9 Å². The average Bonchev–Trinajstić information content (AvgIpc) is 2.75. The molecule has 0 bridgehead atoms. The van der Waals surface area contributed by atoms with Crippen molar-refractivity contribution in [2.75, 3.05) is 24.0 Å². The van der Waals surface area contributed by atoms with Crippen LogP contribution in [0.5, 0.6) is 0 Å². The van der Waals surface area contributed by atoms with Gasteiger partial charge in [-0.3, -0.25) is 5.43 Å². The van der Waals surface area contributed by atoms with Crippen LogP contribution in [0.25, 0.3) is 0 Å². The summed E-state index contributed by atoms with van der Waals surface area (Å²) in [5, 5.41) is 3.15. The van der Waals surface area contributed by atoms with Gasteiger partial charge in [0.15, 0.2) is 0 Å². The molecule has 7 nitrogen and oxygen atoms in total. The van der Waals surface area contributed by atoms with E-state index >= 15 is 0 Å². The molecule has 2 unspecified atom stereocenters. The molecule has 2 aromatic heterocycles. The van der Waals surface area contributed by atoms with E-state index in [1.54, 1.807) is 6.20 Å². The SMILES string of the molecule is C=C(NNc1ccccn1)C1COCC(Nc2ncc(C(F)(F)F)c(CC3CCC3)n2)C1. The van der Waals surface area contributed by atoms with Crippen molar-refractivity contribution in [2.45, 2.75) is 44.3 Å². The van der Waals surface area contributed by atoms with Gasteiger partial charge in [0.05, 0.1) is 30.5 Å². The first kappa shape index (κ1) is 22.3. The van der Waals surface area contributed by atoms with E-state index in [9.17, 15) is 13.2 Å². The van der Waals surface area contributed by atoms with Crippen molar-refractivity contribution in [1.29, 1.82) is 0 Å². The molecule has 4 rings (SSSR count). The zero-order valence-corrected chi connectivity index (χ0v) is 17.7. The Morgan fingerprint density at radius 2 is 2.03 bits per heavy atom. The number of rotatable bonds is 8. The monoisotopic (exact) mass is 448 g/mol. The summed E-state index contributed by atoms with van der Waals surface area (Å²) in [6.07, 6.45) is 2.08. The van der Waals surface area contributed by atoms with Gasteiger partial charge in [0.25, 0.3) is 0 Å². The van der Waals surface area contributed by atoms with Gasteiger partial charge in [-0.15, -0.1) is 0 Å². The zero-order chi connectivity index (χ0) is 22.6. The van der Waals surface area contributed by atoms with Crippen LogP contribution in [0, 0.1) is 11.8 Å². The summed E-state index contributed by atoms with van der Waals surface area (Å²) < 4.78 is 45.9. The maximum absolute atomic E-state index is 13.4. The molecule has 172 valence electrons. The van der Waals surface area contributed by atoms with Crippen LogP contribution in [0.15, 0.2) is 42.9 Å². The largest absolute Gasteiger partial charge is 0.419 e. The van der Waals surface area contributed by atoms with Gasteiger partial charge in [-0.25, -0.2) is 15.0 Å². The Morgan fingerprint density at radius 1 is 1.19 bits per heavy atom. The molecule has 32 heavy (non-hydrogen) atoms. The predicted octanol–water partition coefficient (Wildman–Crippen LogP) is 4.18. The van der Waals surface area contributed by atoms with Crippen molar-refractivity contribution in [2.24, 2.45) is 11.8 Å². The zero-order valence-electron chi connectivity index (χ0n) is 17.7. The Bertz CT molecular complexity index is 920. The first-order chi connectivity index (χ1) is 15.4. The van der Waals surface area contributed by atoms with Crippen molar-refractivity contribution in [3.8, 4) is 0 Å². The highest BCUT2D eigenvalue weighted by Crippen LogP contribution is 2.36. The second-order valence-corrected chi connectivity index (χ2v) is 8.35. The Hall–Kier alpha value is -2.88. The lowest BCUT2D eigenvalue weighted by Crippen LogP contribution is -2.39. The Morgan fingerprint density at radius 3 is 2.72 bits per heavy atom. The van der Waals surface area contributed by atoms with Crippen LogP contribution in [0.4, 0.5) is 24.9 Å². The summed E-state index contributed by atoms with van der Waals surface area (Å²) >= 11 is 0. The Balaban J connectivity index is 1.37. The fourth-order valence-electron chi connectivity index (χ4n) is 3.89. The highest BCUT2D eigenvalue weighted by molar-refractivity contribution is 5.34. The third-order valence-electron chi connectivity index (χ3n) is 5.93. The molecular weight excluding hydrogens is 421 g/mol. The summed E-state index contributed by atoms with van der Waals surface area (Å²) in [6, 6.07) is 5.37. The van der Waals surface area contributed by atoms with Gasteiger partial charge < -0.3 is 15.5 Å². The van der Waals surface area contributed by atoms with Crippen molar-refractivity contribution >= 4 is 11.8 Å². The van der Waals surface area contributed by atoms with E-state index < -0.39 is 11.7 Å². The molecule has 1 aliphatic heterocycles. The minimum Gasteiger partial charge on any atom is -0.379 e. The summed E-state index contributed by atoms with van der Waals surface area (Å²) in [7, 11) is 0. The van der Waals surface area contributed by atoms with Crippen LogP contribution >= 0.6 is 0 Å². The van der Waals surface area contributed by atoms with Gasteiger partial charge in [-0.05, 0) is 30.9 Å². The summed E-state index contributed by atoms with van der Waals surface area (Å²) in [5.74, 6) is 1.13. The second kappa shape index (κ2) is 9.72. The van der Waals surface area contributed by atoms with E-state index in [0.29, 0.717) is 31.9 Å². The highest BCUT2D eigenvalue weighted by Gasteiger charge is 2.36. The van der Waals surface area contributed by atoms with E-state index in [-0.39, 0.29) is 29.5 Å². The maximum Gasteiger partial charge on any atom is 0.419 e. The lowest BCUT2D eigenvalue weighted by Gasteiger charge is -2.31. The molecule has 0 spiro atoms. The number of aromatic nitrogens is 3. The number of alkyl halides is 3. The molecule has 1 saturated heterocycles. The molecule has 2 aliphatic rings. The topological polar surface area (TPSA) is 84.0 Å². The molecule has 2 atom stereocenters. The first-order valence-corrected chi connectivity index (χ1v) is 10.8. The van der Waals surface area contributed by atoms with Crippen molar-refractivity contribution in [3.63, 3.8) is 0 Å². The van der Waals surface area contributed by atoms with Gasteiger partial charge >= 0.3 is 6.18 Å². The average molecular weight is 448 g/mol. The molecule has 0 radical (unpaired) electrons. The Labute approximate surface area is 184 Å². The highest BCUT2D eigenvalue weighted by atomic mass is 19.4. The third-order valence-corrected chi connectivity index (χ3v) is 5.93. The Kier molecular flexibility index (Phi) is 6.78. The van der Waals surface area contributed by atoms with E-state index in [2.05, 4.69) is 37.7 Å². The van der Waals surface area contributed by atoms with Crippen LogP contribution in [0.3, 0.4) is 0 Å². The van der Waals surface area contributed by atoms with Crippen LogP contribution in [-0.2, 0) is 17.3 Å². The van der Waals surface area contributed by atoms with Gasteiger partial charge in [0.2, 0.25) is 5.95 Å². The van der Waals surface area contributed by atoms with Gasteiger partial charge in [-0.2, -0.15) is 13.2 Å². The number of hydrogen-bond donors (Lipinski definition) is 3. The predicted molar refractivity (Wildman–Crippen MR) is 115 cm³/mol. The van der Waals surface area contributed by atoms with Gasteiger partial charge in [0.1, 0.15) is 5.82 Å². The molecule has 3 N–H and O–H groups in total. The minimum absolute atomic E-state index is 0.00126. The smallest absolute Gasteiger partial charge is 0.379 e. The molecule has 0 aromatic carbocycles. The van der Waals surface area contributed by atoms with Crippen molar-refractivity contribution < 1.29 is 17.9 Å². The number of halogens is 3. The molecule has 10 heteroatoms. The van der Waals surface area contributed by atoms with Crippen molar-refractivity contribution in [3.05, 3.63) is 54.1 Å². The molecule has 3 heterocycles. The summed E-state index contributed by atoms with van der Waals surface area (Å²) in [5.41, 5.74) is 6.11. The van der Waals surface area contributed by atoms with Gasteiger partial charge in [0, 0.05) is 24.0 Å². The number of ether oxygens (including phenoxy) is 1. The van der Waals surface area contributed by atoms with Crippen LogP contribution in [0.2, 0.25) is 0 Å². The number of hydrogen-bond acceptors (Lipinski definition) is 7. The molecule has 1 saturated carbocycles. The standard InChI is InChI=1S/C22H27F3N6O/c1-14(30-31-20-7-2-3-8-26-20)16-10-17(13-32-12-16)28-21-27-11-18(22(23,24)25)19(29-21)9-15-5-4-6-15/h2-3,7-8,11,15-17,30H,1,4-6,9-10,12-13H2,(H,26,31)(H,27,28,29). The van der Waals surface area contributed by atoms with E-state index in [1.165, 1.54) is 0 Å². The number of pyridine rings is 1. The van der Waals surface area contributed by atoms with E-state index in [0.717, 1.165) is 31.2 Å². The fourth-order valence-corrected chi connectivity index (χ4v) is 3.89. The number of nitrogens with zero attached hydrogens (tertiary/aromatic N) is 3. The van der Waals surface area contributed by atoms with E-state index in [4.69, 9.17) is 4.74 Å². The fraction of sp³-hybridized carbons (Fsp3) is 0.500. The minimum atomic E-state index is -4.46. The quantitative estimate of drug-likeness (QED) is 0.523. The van der Waals surface area contributed by atoms with Gasteiger partial charge in [-0.1, -0.05) is 31.9 Å². The summed E-state index contributed by atoms with van der Waals surface area (Å²) in [6.45, 7) is 4.98. The molecular formula is C22H27F3N6O. The number of hydrazine groups is 1. The molecule has 2 aromatic rings. The van der Waals surface area contributed by atoms with Crippen LogP contribution in [-0.4, -0.2) is 34.2 Å². The second-order valence-electron chi connectivity index (χ2n) is 8.35. The lowest BCUT2D eigenvalue weighted by molar-refractivity contribution is -0.138. The normalized spacial score (nSPS) is 21.5. The lowest BCUT2D eigenvalue weighted by atomic mass is 9.81.